The van der Waals surface area contributed by atoms with Crippen LogP contribution in [-0.2, 0) is 0 Å². The van der Waals surface area contributed by atoms with Crippen molar-refractivity contribution in [2.24, 2.45) is 5.10 Å². The van der Waals surface area contributed by atoms with Gasteiger partial charge in [0.15, 0.2) is 0 Å². The van der Waals surface area contributed by atoms with Crippen molar-refractivity contribution in [3.8, 4) is 11.5 Å². The maximum absolute atomic E-state index is 12.0. The molecule has 1 aliphatic carbocycles. The monoisotopic (exact) mass is 395 g/mol. The van der Waals surface area contributed by atoms with Crippen LogP contribution in [0.15, 0.2) is 53.6 Å². The molecule has 6 nitrogen and oxygen atoms in total. The molecule has 2 aromatic carbocycles. The molecule has 0 radical (unpaired) electrons. The normalized spacial score (nSPS) is 14.5. The minimum atomic E-state index is -0.266. The van der Waals surface area contributed by atoms with Crippen LogP contribution in [0.3, 0.4) is 0 Å². The molecule has 29 heavy (non-hydrogen) atoms. The van der Waals surface area contributed by atoms with Gasteiger partial charge in [-0.05, 0) is 44.0 Å². The number of hydrogen-bond acceptors (Lipinski definition) is 4. The molecular formula is C23H29N3O3. The molecule has 6 heteroatoms. The Labute approximate surface area is 172 Å². The fraction of sp³-hybridized carbons (Fsp3) is 0.391. The molecule has 0 aliphatic heterocycles. The molecule has 1 saturated carbocycles. The molecule has 0 saturated heterocycles. The Kier molecular flexibility index (Phi) is 7.92. The molecule has 3 rings (SSSR count). The third kappa shape index (κ3) is 7.14. The first kappa shape index (κ1) is 20.7. The van der Waals surface area contributed by atoms with Crippen molar-refractivity contribution < 1.29 is 14.3 Å². The summed E-state index contributed by atoms with van der Waals surface area (Å²) >= 11 is 0. The minimum Gasteiger partial charge on any atom is -0.490 e. The summed E-state index contributed by atoms with van der Waals surface area (Å²) in [4.78, 5) is 12.0. The van der Waals surface area contributed by atoms with Gasteiger partial charge in [-0.1, -0.05) is 49.1 Å². The third-order valence-corrected chi connectivity index (χ3v) is 4.86. The highest BCUT2D eigenvalue weighted by Crippen LogP contribution is 2.18. The Morgan fingerprint density at radius 2 is 1.76 bits per heavy atom. The van der Waals surface area contributed by atoms with Gasteiger partial charge in [-0.2, -0.15) is 5.10 Å². The maximum atomic E-state index is 12.0. The van der Waals surface area contributed by atoms with Crippen LogP contribution in [0.25, 0.3) is 0 Å². The summed E-state index contributed by atoms with van der Waals surface area (Å²) in [5.41, 5.74) is 4.53. The quantitative estimate of drug-likeness (QED) is 0.395. The highest BCUT2D eigenvalue weighted by atomic mass is 16.5. The van der Waals surface area contributed by atoms with Gasteiger partial charge in [0.25, 0.3) is 0 Å². The fourth-order valence-corrected chi connectivity index (χ4v) is 3.29. The molecule has 1 fully saturated rings. The van der Waals surface area contributed by atoms with Crippen LogP contribution < -0.4 is 20.2 Å². The van der Waals surface area contributed by atoms with Gasteiger partial charge in [-0.25, -0.2) is 10.2 Å². The molecule has 0 unspecified atom stereocenters. The second kappa shape index (κ2) is 11.1. The van der Waals surface area contributed by atoms with Gasteiger partial charge in [0, 0.05) is 11.6 Å². The number of aryl methyl sites for hydroxylation is 1. The van der Waals surface area contributed by atoms with Gasteiger partial charge in [-0.3, -0.25) is 0 Å². The smallest absolute Gasteiger partial charge is 0.335 e. The molecule has 0 atom stereocenters. The van der Waals surface area contributed by atoms with Gasteiger partial charge in [0.05, 0.1) is 6.21 Å². The van der Waals surface area contributed by atoms with Crippen molar-refractivity contribution in [3.63, 3.8) is 0 Å². The number of carbonyl (C=O) groups excluding carboxylic acids is 1. The molecule has 154 valence electrons. The predicted molar refractivity (Wildman–Crippen MR) is 115 cm³/mol. The number of nitrogens with zero attached hydrogens (tertiary/aromatic N) is 1. The number of benzene rings is 2. The van der Waals surface area contributed by atoms with Gasteiger partial charge in [0.1, 0.15) is 24.7 Å². The summed E-state index contributed by atoms with van der Waals surface area (Å²) in [6.07, 6.45) is 7.28. The molecule has 2 amide bonds. The lowest BCUT2D eigenvalue weighted by molar-refractivity contribution is 0.217. The Morgan fingerprint density at radius 1 is 1.03 bits per heavy atom. The number of rotatable bonds is 8. The fourth-order valence-electron chi connectivity index (χ4n) is 3.29. The van der Waals surface area contributed by atoms with Crippen LogP contribution in [0, 0.1) is 6.92 Å². The second-order valence-electron chi connectivity index (χ2n) is 7.23. The van der Waals surface area contributed by atoms with Crippen LogP contribution in [0.1, 0.15) is 43.2 Å². The molecule has 1 aliphatic rings. The summed E-state index contributed by atoms with van der Waals surface area (Å²) in [5, 5.41) is 7.02. The first-order valence-electron chi connectivity index (χ1n) is 10.2. The number of carbonyl (C=O) groups is 1. The maximum Gasteiger partial charge on any atom is 0.335 e. The predicted octanol–water partition coefficient (Wildman–Crippen LogP) is 4.42. The van der Waals surface area contributed by atoms with Gasteiger partial charge in [0.2, 0.25) is 0 Å². The number of hydrogen-bond donors (Lipinski definition) is 2. The number of urea groups is 1. The van der Waals surface area contributed by atoms with Gasteiger partial charge in [-0.15, -0.1) is 0 Å². The van der Waals surface area contributed by atoms with E-state index in [2.05, 4.69) is 15.8 Å². The highest BCUT2D eigenvalue weighted by molar-refractivity contribution is 5.84. The SMILES string of the molecule is Cc1ccc(OCCOc2ccccc2C=NNC(=O)NC2CCCCC2)cc1. The number of nitrogens with one attached hydrogen (secondary N) is 2. The Bertz CT molecular complexity index is 799. The van der Waals surface area contributed by atoms with E-state index in [0.29, 0.717) is 19.0 Å². The largest absolute Gasteiger partial charge is 0.490 e. The van der Waals surface area contributed by atoms with Crippen molar-refractivity contribution >= 4 is 12.2 Å². The molecular weight excluding hydrogens is 366 g/mol. The van der Waals surface area contributed by atoms with E-state index in [1.54, 1.807) is 6.21 Å². The zero-order valence-corrected chi connectivity index (χ0v) is 16.9. The Morgan fingerprint density at radius 3 is 2.55 bits per heavy atom. The highest BCUT2D eigenvalue weighted by Gasteiger charge is 2.15. The zero-order valence-electron chi connectivity index (χ0n) is 16.9. The van der Waals surface area contributed by atoms with E-state index in [9.17, 15) is 4.79 Å². The first-order chi connectivity index (χ1) is 14.2. The van der Waals surface area contributed by atoms with E-state index in [4.69, 9.17) is 9.47 Å². The van der Waals surface area contributed by atoms with Gasteiger partial charge < -0.3 is 14.8 Å². The molecule has 0 aromatic heterocycles. The van der Waals surface area contributed by atoms with Crippen molar-refractivity contribution in [3.05, 3.63) is 59.7 Å². The number of para-hydroxylation sites is 1. The number of hydrazone groups is 1. The topological polar surface area (TPSA) is 72.0 Å². The lowest BCUT2D eigenvalue weighted by Crippen LogP contribution is -2.41. The molecule has 2 N–H and O–H groups in total. The second-order valence-corrected chi connectivity index (χ2v) is 7.23. The van der Waals surface area contributed by atoms with E-state index >= 15 is 0 Å². The number of amides is 2. The van der Waals surface area contributed by atoms with Crippen LogP contribution in [0.2, 0.25) is 0 Å². The molecule has 2 aromatic rings. The summed E-state index contributed by atoms with van der Waals surface area (Å²) in [6, 6.07) is 15.5. The van der Waals surface area contributed by atoms with E-state index in [1.807, 2.05) is 55.5 Å². The van der Waals surface area contributed by atoms with Crippen LogP contribution in [0.4, 0.5) is 4.79 Å². The average Bonchev–Trinajstić information content (AvgIpc) is 2.74. The number of ether oxygens (including phenoxy) is 2. The lowest BCUT2D eigenvalue weighted by atomic mass is 9.96. The summed E-state index contributed by atoms with van der Waals surface area (Å²) in [5.74, 6) is 1.51. The Hall–Kier alpha value is -3.02. The van der Waals surface area contributed by atoms with E-state index in [-0.39, 0.29) is 12.1 Å². The minimum absolute atomic E-state index is 0.253. The van der Waals surface area contributed by atoms with E-state index in [0.717, 1.165) is 24.2 Å². The summed E-state index contributed by atoms with van der Waals surface area (Å²) in [7, 11) is 0. The Balaban J connectivity index is 1.43. The summed E-state index contributed by atoms with van der Waals surface area (Å²) < 4.78 is 11.5. The molecule has 0 heterocycles. The van der Waals surface area contributed by atoms with Crippen molar-refractivity contribution in [1.82, 2.24) is 10.7 Å². The van der Waals surface area contributed by atoms with Crippen LogP contribution >= 0.6 is 0 Å². The lowest BCUT2D eigenvalue weighted by Gasteiger charge is -2.22. The standard InChI is InChI=1S/C23H29N3O3/c1-18-11-13-21(14-12-18)28-15-16-29-22-10-6-5-7-19(22)17-24-26-23(27)25-20-8-3-2-4-9-20/h5-7,10-14,17,20H,2-4,8-9,15-16H2,1H3,(H2,25,26,27). The summed E-state index contributed by atoms with van der Waals surface area (Å²) in [6.45, 7) is 2.89. The first-order valence-corrected chi connectivity index (χ1v) is 10.2. The van der Waals surface area contributed by atoms with Crippen LogP contribution in [0.5, 0.6) is 11.5 Å². The van der Waals surface area contributed by atoms with Crippen molar-refractivity contribution in [1.29, 1.82) is 0 Å². The van der Waals surface area contributed by atoms with Crippen LogP contribution in [-0.4, -0.2) is 31.5 Å². The van der Waals surface area contributed by atoms with Crippen molar-refractivity contribution in [2.75, 3.05) is 13.2 Å². The van der Waals surface area contributed by atoms with E-state index < -0.39 is 0 Å². The molecule has 0 bridgehead atoms. The third-order valence-electron chi connectivity index (χ3n) is 4.86. The van der Waals surface area contributed by atoms with E-state index in [1.165, 1.54) is 24.8 Å². The van der Waals surface area contributed by atoms with Crippen molar-refractivity contribution in [2.45, 2.75) is 45.1 Å². The molecule has 0 spiro atoms. The zero-order chi connectivity index (χ0) is 20.3. The average molecular weight is 396 g/mol. The van der Waals surface area contributed by atoms with Gasteiger partial charge >= 0.3 is 6.03 Å².